The smallest absolute Gasteiger partial charge is 0.306 e. The molecule has 4 heteroatoms. The summed E-state index contributed by atoms with van der Waals surface area (Å²) >= 11 is 0. The second-order valence-corrected chi connectivity index (χ2v) is 3.16. The molecule has 0 spiro atoms. The molecule has 0 amide bonds. The van der Waals surface area contributed by atoms with E-state index in [-0.39, 0.29) is 18.8 Å². The summed E-state index contributed by atoms with van der Waals surface area (Å²) in [6.45, 7) is 1.47. The number of unbranched alkanes of at least 4 members (excludes halogenated alkanes) is 1. The quantitative estimate of drug-likeness (QED) is 0.580. The van der Waals surface area contributed by atoms with Crippen LogP contribution in [0, 0.1) is 5.92 Å². The van der Waals surface area contributed by atoms with Gasteiger partial charge in [0.05, 0.1) is 5.92 Å². The van der Waals surface area contributed by atoms with Gasteiger partial charge in [-0.2, -0.15) is 0 Å². The van der Waals surface area contributed by atoms with Crippen molar-refractivity contribution in [2.24, 2.45) is 5.92 Å². The first-order chi connectivity index (χ1) is 6.07. The minimum absolute atomic E-state index is 0.0758. The molecule has 0 aliphatic rings. The fourth-order valence-corrected chi connectivity index (χ4v) is 1.16. The van der Waals surface area contributed by atoms with Crippen molar-refractivity contribution in [3.8, 4) is 0 Å². The normalized spacial score (nSPS) is 12.5. The third-order valence-corrected chi connectivity index (χ3v) is 1.84. The van der Waals surface area contributed by atoms with E-state index < -0.39 is 11.9 Å². The lowest BCUT2D eigenvalue weighted by atomic mass is 9.97. The second kappa shape index (κ2) is 6.60. The molecule has 0 bridgehead atoms. The molecule has 0 heterocycles. The van der Waals surface area contributed by atoms with Crippen LogP contribution in [0.4, 0.5) is 0 Å². The molecular formula is C9H16O4. The van der Waals surface area contributed by atoms with Crippen molar-refractivity contribution in [1.82, 2.24) is 0 Å². The fraction of sp³-hybridized carbons (Fsp3) is 0.778. The highest BCUT2D eigenvalue weighted by Gasteiger charge is 2.18. The second-order valence-electron chi connectivity index (χ2n) is 3.16. The van der Waals surface area contributed by atoms with Gasteiger partial charge < -0.3 is 15.0 Å². The standard InChI is InChI=1S/C9H16O4/c1-7(11)6-8(9(12)13)4-2-3-5-10/h8,10H,2-6H2,1H3,(H,12,13). The van der Waals surface area contributed by atoms with Gasteiger partial charge >= 0.3 is 5.97 Å². The van der Waals surface area contributed by atoms with Crippen LogP contribution < -0.4 is 0 Å². The van der Waals surface area contributed by atoms with E-state index in [0.29, 0.717) is 19.3 Å². The molecule has 0 fully saturated rings. The monoisotopic (exact) mass is 188 g/mol. The highest BCUT2D eigenvalue weighted by atomic mass is 16.4. The van der Waals surface area contributed by atoms with E-state index in [1.165, 1.54) is 6.92 Å². The maximum Gasteiger partial charge on any atom is 0.306 e. The number of aliphatic hydroxyl groups excluding tert-OH is 1. The summed E-state index contributed by atoms with van der Waals surface area (Å²) in [4.78, 5) is 21.3. The predicted octanol–water partition coefficient (Wildman–Crippen LogP) is 0.829. The van der Waals surface area contributed by atoms with Crippen molar-refractivity contribution in [1.29, 1.82) is 0 Å². The first kappa shape index (κ1) is 12.1. The highest BCUT2D eigenvalue weighted by molar-refractivity contribution is 5.81. The minimum Gasteiger partial charge on any atom is -0.481 e. The van der Waals surface area contributed by atoms with Crippen LogP contribution >= 0.6 is 0 Å². The van der Waals surface area contributed by atoms with Crippen molar-refractivity contribution in [2.45, 2.75) is 32.6 Å². The average Bonchev–Trinajstić information content (AvgIpc) is 2.02. The van der Waals surface area contributed by atoms with E-state index in [0.717, 1.165) is 0 Å². The van der Waals surface area contributed by atoms with E-state index in [1.807, 2.05) is 0 Å². The van der Waals surface area contributed by atoms with Gasteiger partial charge in [0.1, 0.15) is 5.78 Å². The van der Waals surface area contributed by atoms with Gasteiger partial charge in [-0.3, -0.25) is 4.79 Å². The number of Topliss-reactive ketones (excluding diaryl/α,β-unsaturated/α-hetero) is 1. The predicted molar refractivity (Wildman–Crippen MR) is 47.4 cm³/mol. The van der Waals surface area contributed by atoms with Gasteiger partial charge in [-0.1, -0.05) is 6.42 Å². The summed E-state index contributed by atoms with van der Waals surface area (Å²) < 4.78 is 0. The van der Waals surface area contributed by atoms with Gasteiger partial charge in [-0.05, 0) is 19.8 Å². The van der Waals surface area contributed by atoms with Crippen LogP contribution in [0.15, 0.2) is 0 Å². The third-order valence-electron chi connectivity index (χ3n) is 1.84. The third kappa shape index (κ3) is 6.28. The Balaban J connectivity index is 3.81. The van der Waals surface area contributed by atoms with Gasteiger partial charge in [0, 0.05) is 13.0 Å². The molecule has 0 aromatic rings. The molecule has 0 rings (SSSR count). The van der Waals surface area contributed by atoms with Crippen LogP contribution in [0.5, 0.6) is 0 Å². The molecule has 0 saturated heterocycles. The summed E-state index contributed by atoms with van der Waals surface area (Å²) in [5, 5.41) is 17.2. The Morgan fingerprint density at radius 1 is 1.31 bits per heavy atom. The lowest BCUT2D eigenvalue weighted by molar-refractivity contribution is -0.143. The number of carboxylic acid groups (broad SMARTS) is 1. The molecule has 0 radical (unpaired) electrons. The van der Waals surface area contributed by atoms with E-state index in [4.69, 9.17) is 10.2 Å². The highest BCUT2D eigenvalue weighted by Crippen LogP contribution is 2.13. The molecule has 1 unspecified atom stereocenters. The molecule has 2 N–H and O–H groups in total. The zero-order chi connectivity index (χ0) is 10.3. The van der Waals surface area contributed by atoms with Crippen LogP contribution in [0.1, 0.15) is 32.6 Å². The van der Waals surface area contributed by atoms with Crippen LogP contribution in [-0.4, -0.2) is 28.6 Å². The Bertz CT molecular complexity index is 176. The van der Waals surface area contributed by atoms with Crippen molar-refractivity contribution in [2.75, 3.05) is 6.61 Å². The minimum atomic E-state index is -0.923. The first-order valence-electron chi connectivity index (χ1n) is 4.41. The molecular weight excluding hydrogens is 172 g/mol. The Morgan fingerprint density at radius 2 is 1.92 bits per heavy atom. The molecule has 1 atom stereocenters. The molecule has 0 saturated carbocycles. The summed E-state index contributed by atoms with van der Waals surface area (Å²) in [5.74, 6) is -1.60. The van der Waals surface area contributed by atoms with E-state index in [9.17, 15) is 9.59 Å². The summed E-state index contributed by atoms with van der Waals surface area (Å²) in [6.07, 6.45) is 1.82. The lowest BCUT2D eigenvalue weighted by Gasteiger charge is -2.08. The number of carbonyl (C=O) groups excluding carboxylic acids is 1. The molecule has 4 nitrogen and oxygen atoms in total. The molecule has 0 aliphatic carbocycles. The molecule has 76 valence electrons. The number of rotatable bonds is 7. The van der Waals surface area contributed by atoms with E-state index in [2.05, 4.69) is 0 Å². The number of aliphatic hydroxyl groups is 1. The largest absolute Gasteiger partial charge is 0.481 e. The van der Waals surface area contributed by atoms with Crippen LogP contribution in [0.25, 0.3) is 0 Å². The number of ketones is 1. The number of hydrogen-bond acceptors (Lipinski definition) is 3. The van der Waals surface area contributed by atoms with Crippen molar-refractivity contribution < 1.29 is 19.8 Å². The Labute approximate surface area is 77.6 Å². The fourth-order valence-electron chi connectivity index (χ4n) is 1.16. The Hall–Kier alpha value is -0.900. The summed E-state index contributed by atoms with van der Waals surface area (Å²) in [7, 11) is 0. The zero-order valence-corrected chi connectivity index (χ0v) is 7.82. The number of carboxylic acids is 1. The summed E-state index contributed by atoms with van der Waals surface area (Å²) in [6, 6.07) is 0. The maximum atomic E-state index is 10.7. The van der Waals surface area contributed by atoms with E-state index in [1.54, 1.807) is 0 Å². The lowest BCUT2D eigenvalue weighted by Crippen LogP contribution is -2.16. The molecule has 0 aromatic carbocycles. The van der Waals surface area contributed by atoms with Gasteiger partial charge in [0.25, 0.3) is 0 Å². The van der Waals surface area contributed by atoms with Gasteiger partial charge in [0.15, 0.2) is 0 Å². The number of hydrogen-bond donors (Lipinski definition) is 2. The van der Waals surface area contributed by atoms with Crippen LogP contribution in [0.3, 0.4) is 0 Å². The molecule has 0 aromatic heterocycles. The van der Waals surface area contributed by atoms with Crippen LogP contribution in [0.2, 0.25) is 0 Å². The Kier molecular flexibility index (Phi) is 6.14. The molecule has 0 aliphatic heterocycles. The Morgan fingerprint density at radius 3 is 2.31 bits per heavy atom. The SMILES string of the molecule is CC(=O)CC(CCCCO)C(=O)O. The zero-order valence-electron chi connectivity index (χ0n) is 7.82. The topological polar surface area (TPSA) is 74.6 Å². The van der Waals surface area contributed by atoms with Crippen molar-refractivity contribution >= 4 is 11.8 Å². The molecule has 13 heavy (non-hydrogen) atoms. The van der Waals surface area contributed by atoms with Crippen LogP contribution in [-0.2, 0) is 9.59 Å². The number of aliphatic carboxylic acids is 1. The van der Waals surface area contributed by atoms with Gasteiger partial charge in [0.2, 0.25) is 0 Å². The number of carbonyl (C=O) groups is 2. The van der Waals surface area contributed by atoms with Gasteiger partial charge in [-0.25, -0.2) is 0 Å². The first-order valence-corrected chi connectivity index (χ1v) is 4.41. The maximum absolute atomic E-state index is 10.7. The summed E-state index contributed by atoms with van der Waals surface area (Å²) in [5.41, 5.74) is 0. The average molecular weight is 188 g/mol. The van der Waals surface area contributed by atoms with Gasteiger partial charge in [-0.15, -0.1) is 0 Å². The van der Waals surface area contributed by atoms with E-state index >= 15 is 0 Å². The van der Waals surface area contributed by atoms with Crippen molar-refractivity contribution in [3.63, 3.8) is 0 Å². The van der Waals surface area contributed by atoms with Crippen molar-refractivity contribution in [3.05, 3.63) is 0 Å².